The van der Waals surface area contributed by atoms with E-state index in [9.17, 15) is 0 Å². The first-order valence-corrected chi connectivity index (χ1v) is 5.22. The SMILES string of the molecule is Clc1ccc(CCCc2ncon2)cc1. The first kappa shape index (κ1) is 10.2. The minimum absolute atomic E-state index is 0.768. The van der Waals surface area contributed by atoms with Gasteiger partial charge in [0, 0.05) is 11.4 Å². The second kappa shape index (κ2) is 4.94. The van der Waals surface area contributed by atoms with E-state index in [1.165, 1.54) is 12.0 Å². The molecule has 0 atom stereocenters. The molecule has 1 heterocycles. The molecule has 0 spiro atoms. The maximum atomic E-state index is 5.79. The molecule has 0 aliphatic carbocycles. The lowest BCUT2D eigenvalue weighted by atomic mass is 10.1. The topological polar surface area (TPSA) is 38.9 Å². The van der Waals surface area contributed by atoms with Gasteiger partial charge >= 0.3 is 0 Å². The number of rotatable bonds is 4. The van der Waals surface area contributed by atoms with E-state index < -0.39 is 0 Å². The van der Waals surface area contributed by atoms with Gasteiger partial charge in [-0.15, -0.1) is 0 Å². The van der Waals surface area contributed by atoms with E-state index in [4.69, 9.17) is 11.6 Å². The van der Waals surface area contributed by atoms with Crippen LogP contribution in [0, 0.1) is 0 Å². The zero-order valence-electron chi connectivity index (χ0n) is 8.19. The molecule has 0 aliphatic heterocycles. The Hall–Kier alpha value is -1.35. The fourth-order valence-corrected chi connectivity index (χ4v) is 1.53. The Bertz CT molecular complexity index is 397. The normalized spacial score (nSPS) is 10.5. The summed E-state index contributed by atoms with van der Waals surface area (Å²) >= 11 is 5.79. The second-order valence-electron chi connectivity index (χ2n) is 3.33. The molecule has 4 heteroatoms. The monoisotopic (exact) mass is 222 g/mol. The van der Waals surface area contributed by atoms with Crippen molar-refractivity contribution in [3.05, 3.63) is 47.1 Å². The molecule has 0 amide bonds. The molecule has 3 nitrogen and oxygen atoms in total. The standard InChI is InChI=1S/C11H11ClN2O/c12-10-6-4-9(5-7-10)2-1-3-11-13-8-15-14-11/h4-8H,1-3H2. The van der Waals surface area contributed by atoms with Crippen LogP contribution in [-0.2, 0) is 12.8 Å². The molecule has 2 rings (SSSR count). The van der Waals surface area contributed by atoms with Gasteiger partial charge in [0.1, 0.15) is 0 Å². The van der Waals surface area contributed by atoms with Crippen molar-refractivity contribution in [1.29, 1.82) is 0 Å². The van der Waals surface area contributed by atoms with E-state index in [2.05, 4.69) is 14.7 Å². The second-order valence-corrected chi connectivity index (χ2v) is 3.76. The number of hydrogen-bond donors (Lipinski definition) is 0. The lowest BCUT2D eigenvalue weighted by molar-refractivity contribution is 0.409. The largest absolute Gasteiger partial charge is 0.343 e. The van der Waals surface area contributed by atoms with Crippen LogP contribution in [0.25, 0.3) is 0 Å². The zero-order valence-corrected chi connectivity index (χ0v) is 8.94. The summed E-state index contributed by atoms with van der Waals surface area (Å²) in [5.74, 6) is 0.768. The van der Waals surface area contributed by atoms with Gasteiger partial charge in [-0.2, -0.15) is 4.98 Å². The van der Waals surface area contributed by atoms with Crippen LogP contribution >= 0.6 is 11.6 Å². The van der Waals surface area contributed by atoms with E-state index in [1.54, 1.807) is 0 Å². The number of benzene rings is 1. The molecule has 0 N–H and O–H groups in total. The third-order valence-corrected chi connectivity index (χ3v) is 2.44. The first-order valence-electron chi connectivity index (χ1n) is 4.84. The van der Waals surface area contributed by atoms with Crippen LogP contribution in [0.1, 0.15) is 17.8 Å². The first-order chi connectivity index (χ1) is 7.34. The van der Waals surface area contributed by atoms with Gasteiger partial charge in [-0.3, -0.25) is 0 Å². The third kappa shape index (κ3) is 3.06. The Balaban J connectivity index is 1.81. The van der Waals surface area contributed by atoms with Gasteiger partial charge < -0.3 is 4.52 Å². The number of hydrogen-bond acceptors (Lipinski definition) is 3. The maximum Gasteiger partial charge on any atom is 0.213 e. The predicted octanol–water partition coefficient (Wildman–Crippen LogP) is 2.90. The molecule has 15 heavy (non-hydrogen) atoms. The molecule has 2 aromatic rings. The summed E-state index contributed by atoms with van der Waals surface area (Å²) in [7, 11) is 0. The highest BCUT2D eigenvalue weighted by atomic mass is 35.5. The van der Waals surface area contributed by atoms with Crippen molar-refractivity contribution in [3.63, 3.8) is 0 Å². The Morgan fingerprint density at radius 3 is 2.60 bits per heavy atom. The smallest absolute Gasteiger partial charge is 0.213 e. The molecule has 1 aromatic heterocycles. The lowest BCUT2D eigenvalue weighted by Gasteiger charge is -1.99. The van der Waals surface area contributed by atoms with Crippen molar-refractivity contribution in [1.82, 2.24) is 10.1 Å². The highest BCUT2D eigenvalue weighted by Gasteiger charge is 1.99. The molecular formula is C11H11ClN2O. The van der Waals surface area contributed by atoms with Crippen LogP contribution in [0.4, 0.5) is 0 Å². The third-order valence-electron chi connectivity index (χ3n) is 2.19. The molecule has 0 saturated carbocycles. The van der Waals surface area contributed by atoms with E-state index in [0.717, 1.165) is 30.1 Å². The summed E-state index contributed by atoms with van der Waals surface area (Å²) in [4.78, 5) is 3.96. The maximum absolute atomic E-state index is 5.79. The van der Waals surface area contributed by atoms with Crippen LogP contribution in [0.2, 0.25) is 5.02 Å². The molecule has 1 aromatic carbocycles. The minimum Gasteiger partial charge on any atom is -0.343 e. The van der Waals surface area contributed by atoms with Gasteiger partial charge in [-0.05, 0) is 30.5 Å². The van der Waals surface area contributed by atoms with Crippen molar-refractivity contribution < 1.29 is 4.52 Å². The van der Waals surface area contributed by atoms with Crippen LogP contribution in [0.5, 0.6) is 0 Å². The molecule has 0 radical (unpaired) electrons. The summed E-state index contributed by atoms with van der Waals surface area (Å²) in [6.45, 7) is 0. The van der Waals surface area contributed by atoms with Gasteiger partial charge in [-0.1, -0.05) is 28.9 Å². The molecule has 0 saturated heterocycles. The van der Waals surface area contributed by atoms with Crippen LogP contribution < -0.4 is 0 Å². The lowest BCUT2D eigenvalue weighted by Crippen LogP contribution is -1.91. The van der Waals surface area contributed by atoms with Gasteiger partial charge in [0.25, 0.3) is 0 Å². The molecule has 0 unspecified atom stereocenters. The summed E-state index contributed by atoms with van der Waals surface area (Å²) in [5.41, 5.74) is 1.28. The average molecular weight is 223 g/mol. The molecule has 0 fully saturated rings. The van der Waals surface area contributed by atoms with Crippen LogP contribution in [0.3, 0.4) is 0 Å². The Morgan fingerprint density at radius 1 is 1.13 bits per heavy atom. The predicted molar refractivity (Wildman–Crippen MR) is 57.8 cm³/mol. The van der Waals surface area contributed by atoms with Crippen molar-refractivity contribution in [2.24, 2.45) is 0 Å². The highest BCUT2D eigenvalue weighted by molar-refractivity contribution is 6.30. The fourth-order valence-electron chi connectivity index (χ4n) is 1.40. The highest BCUT2D eigenvalue weighted by Crippen LogP contribution is 2.11. The molecule has 0 aliphatic rings. The average Bonchev–Trinajstić information content (AvgIpc) is 2.74. The number of nitrogens with zero attached hydrogens (tertiary/aromatic N) is 2. The van der Waals surface area contributed by atoms with Crippen molar-refractivity contribution >= 4 is 11.6 Å². The summed E-state index contributed by atoms with van der Waals surface area (Å²) in [6.07, 6.45) is 4.23. The summed E-state index contributed by atoms with van der Waals surface area (Å²) in [6, 6.07) is 7.90. The quantitative estimate of drug-likeness (QED) is 0.799. The Morgan fingerprint density at radius 2 is 1.93 bits per heavy atom. The van der Waals surface area contributed by atoms with E-state index in [1.807, 2.05) is 24.3 Å². The van der Waals surface area contributed by atoms with E-state index >= 15 is 0 Å². The zero-order chi connectivity index (χ0) is 10.5. The number of aromatic nitrogens is 2. The summed E-state index contributed by atoms with van der Waals surface area (Å²) < 4.78 is 4.65. The van der Waals surface area contributed by atoms with Gasteiger partial charge in [0.15, 0.2) is 5.82 Å². The van der Waals surface area contributed by atoms with Crippen molar-refractivity contribution in [2.75, 3.05) is 0 Å². The van der Waals surface area contributed by atoms with Gasteiger partial charge in [0.2, 0.25) is 6.39 Å². The number of halogens is 1. The van der Waals surface area contributed by atoms with E-state index in [-0.39, 0.29) is 0 Å². The van der Waals surface area contributed by atoms with E-state index in [0.29, 0.717) is 0 Å². The van der Waals surface area contributed by atoms with Crippen LogP contribution in [-0.4, -0.2) is 10.1 Å². The molecule has 0 bridgehead atoms. The Kier molecular flexibility index (Phi) is 3.35. The van der Waals surface area contributed by atoms with Crippen molar-refractivity contribution in [3.8, 4) is 0 Å². The van der Waals surface area contributed by atoms with Crippen molar-refractivity contribution in [2.45, 2.75) is 19.3 Å². The Labute approximate surface area is 93.1 Å². The summed E-state index contributed by atoms with van der Waals surface area (Å²) in [5, 5.41) is 4.53. The number of aryl methyl sites for hydroxylation is 2. The van der Waals surface area contributed by atoms with Gasteiger partial charge in [-0.25, -0.2) is 0 Å². The minimum atomic E-state index is 0.768. The molecule has 78 valence electrons. The van der Waals surface area contributed by atoms with Gasteiger partial charge in [0.05, 0.1) is 0 Å². The fraction of sp³-hybridized carbons (Fsp3) is 0.273. The molecular weight excluding hydrogens is 212 g/mol. The van der Waals surface area contributed by atoms with Crippen LogP contribution in [0.15, 0.2) is 35.2 Å².